The monoisotopic (exact) mass is 359 g/mol. The minimum Gasteiger partial charge on any atom is -0.368 e. The third-order valence-corrected chi connectivity index (χ3v) is 3.89. The standard InChI is InChI=1S/C18H19F2N5O/c1-18(2)24-16(21)23-17(22)25(18)26-10-13-9-12(5-8-15(13)20)11-3-6-14(19)7-4-11/h3-9H,10H2,1-2H3,(H4,21,22,23,24). The number of nitrogens with zero attached hydrogens (tertiary/aromatic N) is 3. The molecule has 0 spiro atoms. The van der Waals surface area contributed by atoms with Gasteiger partial charge < -0.3 is 11.5 Å². The fraction of sp³-hybridized carbons (Fsp3) is 0.222. The van der Waals surface area contributed by atoms with Gasteiger partial charge >= 0.3 is 0 Å². The molecule has 0 saturated heterocycles. The van der Waals surface area contributed by atoms with E-state index in [-0.39, 0.29) is 24.3 Å². The zero-order chi connectivity index (χ0) is 18.9. The Hall–Kier alpha value is -3.00. The lowest BCUT2D eigenvalue weighted by Crippen LogP contribution is -2.53. The summed E-state index contributed by atoms with van der Waals surface area (Å²) in [7, 11) is 0. The lowest BCUT2D eigenvalue weighted by atomic mass is 10.0. The molecule has 0 atom stereocenters. The molecule has 0 aliphatic carbocycles. The number of hydroxylamine groups is 2. The summed E-state index contributed by atoms with van der Waals surface area (Å²) in [6.45, 7) is 3.40. The van der Waals surface area contributed by atoms with Crippen LogP contribution in [0.1, 0.15) is 19.4 Å². The van der Waals surface area contributed by atoms with Crippen molar-refractivity contribution in [2.75, 3.05) is 0 Å². The quantitative estimate of drug-likeness (QED) is 0.878. The first-order valence-corrected chi connectivity index (χ1v) is 7.93. The van der Waals surface area contributed by atoms with E-state index in [0.717, 1.165) is 11.1 Å². The van der Waals surface area contributed by atoms with Gasteiger partial charge in [0.15, 0.2) is 5.66 Å². The second-order valence-corrected chi connectivity index (χ2v) is 6.32. The van der Waals surface area contributed by atoms with Gasteiger partial charge in [0.2, 0.25) is 11.9 Å². The molecule has 1 heterocycles. The predicted octanol–water partition coefficient (Wildman–Crippen LogP) is 2.74. The van der Waals surface area contributed by atoms with Crippen molar-refractivity contribution in [1.29, 1.82) is 0 Å². The maximum atomic E-state index is 14.2. The molecule has 3 rings (SSSR count). The highest BCUT2D eigenvalue weighted by atomic mass is 19.1. The number of nitrogens with two attached hydrogens (primary N) is 2. The molecule has 4 N–H and O–H groups in total. The average Bonchev–Trinajstić information content (AvgIpc) is 2.55. The van der Waals surface area contributed by atoms with Crippen LogP contribution in [0.2, 0.25) is 0 Å². The smallest absolute Gasteiger partial charge is 0.226 e. The average molecular weight is 359 g/mol. The van der Waals surface area contributed by atoms with Crippen molar-refractivity contribution in [2.45, 2.75) is 26.1 Å². The van der Waals surface area contributed by atoms with Gasteiger partial charge in [-0.15, -0.1) is 0 Å². The van der Waals surface area contributed by atoms with Crippen LogP contribution in [0.25, 0.3) is 11.1 Å². The first-order valence-electron chi connectivity index (χ1n) is 7.93. The minimum absolute atomic E-state index is 0.0394. The number of hydrogen-bond donors (Lipinski definition) is 2. The molecule has 1 aliphatic heterocycles. The molecule has 26 heavy (non-hydrogen) atoms. The minimum atomic E-state index is -0.874. The molecule has 0 saturated carbocycles. The SMILES string of the molecule is CC1(C)N=C(N)N=C(N)N1OCc1cc(-c2ccc(F)cc2)ccc1F. The molecule has 0 fully saturated rings. The zero-order valence-electron chi connectivity index (χ0n) is 14.4. The van der Waals surface area contributed by atoms with E-state index in [0.29, 0.717) is 5.56 Å². The van der Waals surface area contributed by atoms with Crippen LogP contribution in [0.3, 0.4) is 0 Å². The molecule has 0 unspecified atom stereocenters. The van der Waals surface area contributed by atoms with Gasteiger partial charge in [0.05, 0.1) is 0 Å². The van der Waals surface area contributed by atoms with Crippen LogP contribution in [-0.2, 0) is 11.4 Å². The van der Waals surface area contributed by atoms with Crippen molar-refractivity contribution in [3.8, 4) is 11.1 Å². The van der Waals surface area contributed by atoms with Crippen LogP contribution in [-0.4, -0.2) is 22.6 Å². The topological polar surface area (TPSA) is 89.2 Å². The Morgan fingerprint density at radius 1 is 1.04 bits per heavy atom. The summed E-state index contributed by atoms with van der Waals surface area (Å²) in [5, 5.41) is 1.29. The third kappa shape index (κ3) is 3.65. The van der Waals surface area contributed by atoms with Crippen LogP contribution in [0.4, 0.5) is 8.78 Å². The lowest BCUT2D eigenvalue weighted by Gasteiger charge is -2.36. The number of hydrogen-bond acceptors (Lipinski definition) is 6. The van der Waals surface area contributed by atoms with E-state index < -0.39 is 11.5 Å². The van der Waals surface area contributed by atoms with Crippen LogP contribution in [0.5, 0.6) is 0 Å². The number of aliphatic imine (C=N–C) groups is 2. The molecule has 136 valence electrons. The summed E-state index contributed by atoms with van der Waals surface area (Å²) in [4.78, 5) is 13.7. The van der Waals surface area contributed by atoms with E-state index in [9.17, 15) is 8.78 Å². The predicted molar refractivity (Wildman–Crippen MR) is 95.7 cm³/mol. The number of halogens is 2. The Kier molecular flexibility index (Phi) is 4.60. The van der Waals surface area contributed by atoms with Gasteiger partial charge in [0.1, 0.15) is 18.2 Å². The Labute approximate surface area is 149 Å². The largest absolute Gasteiger partial charge is 0.368 e. The van der Waals surface area contributed by atoms with Crippen LogP contribution >= 0.6 is 0 Å². The summed E-state index contributed by atoms with van der Waals surface area (Å²) >= 11 is 0. The van der Waals surface area contributed by atoms with Crippen LogP contribution in [0.15, 0.2) is 52.4 Å². The number of rotatable bonds is 4. The van der Waals surface area contributed by atoms with Crippen molar-refractivity contribution >= 4 is 11.9 Å². The van der Waals surface area contributed by atoms with Gasteiger partial charge in [-0.05, 0) is 49.2 Å². The summed E-state index contributed by atoms with van der Waals surface area (Å²) in [5.74, 6) is -0.667. The van der Waals surface area contributed by atoms with E-state index >= 15 is 0 Å². The highest BCUT2D eigenvalue weighted by Gasteiger charge is 2.33. The summed E-state index contributed by atoms with van der Waals surface area (Å²) < 4.78 is 27.3. The molecule has 2 aromatic rings. The molecular formula is C18H19F2N5O. The molecule has 0 amide bonds. The normalized spacial score (nSPS) is 16.2. The van der Waals surface area contributed by atoms with Crippen molar-refractivity contribution in [2.24, 2.45) is 21.5 Å². The maximum Gasteiger partial charge on any atom is 0.226 e. The Morgan fingerprint density at radius 2 is 1.69 bits per heavy atom. The number of benzene rings is 2. The highest BCUT2D eigenvalue weighted by molar-refractivity contribution is 5.95. The van der Waals surface area contributed by atoms with Crippen molar-refractivity contribution in [3.05, 3.63) is 59.7 Å². The molecular weight excluding hydrogens is 340 g/mol. The fourth-order valence-electron chi connectivity index (χ4n) is 2.66. The molecule has 0 bridgehead atoms. The molecule has 2 aromatic carbocycles. The van der Waals surface area contributed by atoms with Crippen molar-refractivity contribution in [3.63, 3.8) is 0 Å². The van der Waals surface area contributed by atoms with Gasteiger partial charge in [-0.25, -0.2) is 13.8 Å². The second kappa shape index (κ2) is 6.72. The van der Waals surface area contributed by atoms with E-state index in [4.69, 9.17) is 16.3 Å². The first-order chi connectivity index (χ1) is 12.3. The van der Waals surface area contributed by atoms with Crippen LogP contribution < -0.4 is 11.5 Å². The summed E-state index contributed by atoms with van der Waals surface area (Å²) in [5.41, 5.74) is 12.4. The van der Waals surface area contributed by atoms with Gasteiger partial charge in [-0.2, -0.15) is 10.1 Å². The zero-order valence-corrected chi connectivity index (χ0v) is 14.4. The van der Waals surface area contributed by atoms with E-state index in [2.05, 4.69) is 9.98 Å². The molecule has 0 radical (unpaired) electrons. The van der Waals surface area contributed by atoms with Gasteiger partial charge in [0.25, 0.3) is 0 Å². The summed E-state index contributed by atoms with van der Waals surface area (Å²) in [6, 6.07) is 10.6. The Balaban J connectivity index is 1.81. The first kappa shape index (κ1) is 17.8. The van der Waals surface area contributed by atoms with Gasteiger partial charge in [-0.3, -0.25) is 4.84 Å². The summed E-state index contributed by atoms with van der Waals surface area (Å²) in [6.07, 6.45) is 0. The Morgan fingerprint density at radius 3 is 2.35 bits per heavy atom. The van der Waals surface area contributed by atoms with Gasteiger partial charge in [-0.1, -0.05) is 18.2 Å². The number of guanidine groups is 2. The Bertz CT molecular complexity index is 878. The molecule has 8 heteroatoms. The molecule has 1 aliphatic rings. The van der Waals surface area contributed by atoms with Gasteiger partial charge in [0, 0.05) is 5.56 Å². The second-order valence-electron chi connectivity index (χ2n) is 6.32. The third-order valence-electron chi connectivity index (χ3n) is 3.89. The molecule has 6 nitrogen and oxygen atoms in total. The van der Waals surface area contributed by atoms with Crippen molar-refractivity contribution < 1.29 is 13.6 Å². The fourth-order valence-corrected chi connectivity index (χ4v) is 2.66. The van der Waals surface area contributed by atoms with Crippen molar-refractivity contribution in [1.82, 2.24) is 5.06 Å². The van der Waals surface area contributed by atoms with E-state index in [1.807, 2.05) is 0 Å². The van der Waals surface area contributed by atoms with E-state index in [1.54, 1.807) is 38.1 Å². The molecule has 0 aromatic heterocycles. The van der Waals surface area contributed by atoms with Crippen LogP contribution in [0, 0.1) is 11.6 Å². The highest BCUT2D eigenvalue weighted by Crippen LogP contribution is 2.25. The van der Waals surface area contributed by atoms with E-state index in [1.165, 1.54) is 23.3 Å². The lowest BCUT2D eigenvalue weighted by molar-refractivity contribution is -0.167. The maximum absolute atomic E-state index is 14.2.